The lowest BCUT2D eigenvalue weighted by Crippen LogP contribution is -2.01. The minimum atomic E-state index is -4.74. The second-order valence-electron chi connectivity index (χ2n) is 8.17. The first-order valence-corrected chi connectivity index (χ1v) is 11.0. The van der Waals surface area contributed by atoms with E-state index in [0.29, 0.717) is 5.56 Å². The summed E-state index contributed by atoms with van der Waals surface area (Å²) in [4.78, 5) is 0. The standard InChI is InChI=1S/C29H19F7/c1-2-17-3-5-18(6-4-17)19-7-9-22(25(30)13-19)20-8-10-23(26(31)14-20)21-15-27(32)24(28(33)16-21)11-12-29(34,35)36/h3-16H,2H2,1H3/b12-11+. The van der Waals surface area contributed by atoms with Crippen molar-refractivity contribution in [3.05, 3.63) is 113 Å². The van der Waals surface area contributed by atoms with Gasteiger partial charge in [0.1, 0.15) is 23.3 Å². The summed E-state index contributed by atoms with van der Waals surface area (Å²) in [6, 6.07) is 17.5. The lowest BCUT2D eigenvalue weighted by Gasteiger charge is -2.11. The summed E-state index contributed by atoms with van der Waals surface area (Å²) in [5, 5.41) is 0. The number of rotatable bonds is 5. The van der Waals surface area contributed by atoms with Gasteiger partial charge in [0.2, 0.25) is 0 Å². The number of allylic oxidation sites excluding steroid dienone is 1. The second-order valence-corrected chi connectivity index (χ2v) is 8.17. The van der Waals surface area contributed by atoms with Crippen LogP contribution in [0.5, 0.6) is 0 Å². The van der Waals surface area contributed by atoms with Gasteiger partial charge in [0, 0.05) is 22.8 Å². The van der Waals surface area contributed by atoms with Gasteiger partial charge >= 0.3 is 6.18 Å². The van der Waals surface area contributed by atoms with Crippen molar-refractivity contribution in [1.29, 1.82) is 0 Å². The van der Waals surface area contributed by atoms with Crippen LogP contribution >= 0.6 is 0 Å². The number of hydrogen-bond acceptors (Lipinski definition) is 0. The Kier molecular flexibility index (Phi) is 7.02. The van der Waals surface area contributed by atoms with E-state index in [9.17, 15) is 30.7 Å². The highest BCUT2D eigenvalue weighted by Crippen LogP contribution is 2.33. The molecule has 0 saturated carbocycles. The molecule has 0 aliphatic carbocycles. The molecule has 4 aromatic rings. The van der Waals surface area contributed by atoms with Crippen molar-refractivity contribution >= 4 is 6.08 Å². The lowest BCUT2D eigenvalue weighted by atomic mass is 9.96. The van der Waals surface area contributed by atoms with Crippen molar-refractivity contribution in [3.8, 4) is 33.4 Å². The maximum absolute atomic E-state index is 14.9. The third-order valence-electron chi connectivity index (χ3n) is 5.77. The first kappa shape index (κ1) is 25.2. The van der Waals surface area contributed by atoms with Gasteiger partial charge in [-0.25, -0.2) is 17.6 Å². The lowest BCUT2D eigenvalue weighted by molar-refractivity contribution is -0.0790. The monoisotopic (exact) mass is 500 g/mol. The van der Waals surface area contributed by atoms with Gasteiger partial charge < -0.3 is 0 Å². The van der Waals surface area contributed by atoms with Gasteiger partial charge in [-0.2, -0.15) is 13.2 Å². The van der Waals surface area contributed by atoms with E-state index in [0.717, 1.165) is 35.7 Å². The molecular formula is C29H19F7. The van der Waals surface area contributed by atoms with Crippen LogP contribution in [0.2, 0.25) is 0 Å². The summed E-state index contributed by atoms with van der Waals surface area (Å²) in [6.07, 6.45) is -3.87. The molecule has 0 unspecified atom stereocenters. The minimum absolute atomic E-state index is 0.138. The number of alkyl halides is 3. The number of benzene rings is 4. The van der Waals surface area contributed by atoms with Crippen molar-refractivity contribution < 1.29 is 30.7 Å². The van der Waals surface area contributed by atoms with Crippen molar-refractivity contribution in [1.82, 2.24) is 0 Å². The summed E-state index contributed by atoms with van der Waals surface area (Å²) in [5.74, 6) is -3.99. The molecule has 0 spiro atoms. The Morgan fingerprint density at radius 2 is 1.06 bits per heavy atom. The van der Waals surface area contributed by atoms with E-state index in [-0.39, 0.29) is 34.4 Å². The van der Waals surface area contributed by atoms with Crippen LogP contribution in [0, 0.1) is 23.3 Å². The molecule has 0 aromatic heterocycles. The number of aryl methyl sites for hydroxylation is 1. The highest BCUT2D eigenvalue weighted by molar-refractivity contribution is 5.75. The fourth-order valence-corrected chi connectivity index (χ4v) is 3.86. The smallest absolute Gasteiger partial charge is 0.206 e. The Balaban J connectivity index is 1.64. The molecule has 36 heavy (non-hydrogen) atoms. The van der Waals surface area contributed by atoms with Crippen LogP contribution in [0.1, 0.15) is 18.1 Å². The van der Waals surface area contributed by atoms with Crippen LogP contribution in [-0.4, -0.2) is 6.18 Å². The molecule has 0 heterocycles. The predicted molar refractivity (Wildman–Crippen MR) is 127 cm³/mol. The molecule has 0 atom stereocenters. The van der Waals surface area contributed by atoms with Gasteiger partial charge in [-0.1, -0.05) is 55.5 Å². The van der Waals surface area contributed by atoms with Crippen molar-refractivity contribution in [2.75, 3.05) is 0 Å². The molecule has 0 saturated heterocycles. The minimum Gasteiger partial charge on any atom is -0.206 e. The molecule has 4 aromatic carbocycles. The third kappa shape index (κ3) is 5.51. The van der Waals surface area contributed by atoms with Gasteiger partial charge in [-0.15, -0.1) is 0 Å². The predicted octanol–water partition coefficient (Wildman–Crippen LogP) is 9.38. The normalized spacial score (nSPS) is 11.9. The average Bonchev–Trinajstić information content (AvgIpc) is 2.82. The van der Waals surface area contributed by atoms with Crippen molar-refractivity contribution in [2.45, 2.75) is 19.5 Å². The fraction of sp³-hybridized carbons (Fsp3) is 0.103. The van der Waals surface area contributed by atoms with Crippen LogP contribution in [0.3, 0.4) is 0 Å². The van der Waals surface area contributed by atoms with Crippen LogP contribution in [0.25, 0.3) is 39.5 Å². The van der Waals surface area contributed by atoms with E-state index < -0.39 is 35.0 Å². The van der Waals surface area contributed by atoms with E-state index in [1.54, 1.807) is 6.07 Å². The maximum Gasteiger partial charge on any atom is 0.409 e. The fourth-order valence-electron chi connectivity index (χ4n) is 3.86. The summed E-state index contributed by atoms with van der Waals surface area (Å²) in [5.41, 5.74) is 1.71. The van der Waals surface area contributed by atoms with Gasteiger partial charge in [0.25, 0.3) is 0 Å². The van der Waals surface area contributed by atoms with Crippen LogP contribution in [0.4, 0.5) is 30.7 Å². The van der Waals surface area contributed by atoms with Gasteiger partial charge in [-0.3, -0.25) is 0 Å². The molecule has 0 amide bonds. The highest BCUT2D eigenvalue weighted by Gasteiger charge is 2.23. The average molecular weight is 500 g/mol. The van der Waals surface area contributed by atoms with E-state index in [1.807, 2.05) is 31.2 Å². The zero-order valence-electron chi connectivity index (χ0n) is 18.9. The third-order valence-corrected chi connectivity index (χ3v) is 5.77. The van der Waals surface area contributed by atoms with Gasteiger partial charge in [0.05, 0.1) is 0 Å². The molecule has 0 aliphatic heterocycles. The Morgan fingerprint density at radius 1 is 0.583 bits per heavy atom. The quantitative estimate of drug-likeness (QED) is 0.240. The van der Waals surface area contributed by atoms with Crippen molar-refractivity contribution in [3.63, 3.8) is 0 Å². The maximum atomic E-state index is 14.9. The second kappa shape index (κ2) is 10.0. The van der Waals surface area contributed by atoms with E-state index in [1.165, 1.54) is 24.3 Å². The number of hydrogen-bond donors (Lipinski definition) is 0. The van der Waals surface area contributed by atoms with Crippen LogP contribution in [0.15, 0.2) is 78.9 Å². The molecule has 0 radical (unpaired) electrons. The Hall–Kier alpha value is -3.87. The van der Waals surface area contributed by atoms with Gasteiger partial charge in [0.15, 0.2) is 0 Å². The summed E-state index contributed by atoms with van der Waals surface area (Å²) in [7, 11) is 0. The SMILES string of the molecule is CCc1ccc(-c2ccc(-c3ccc(-c4cc(F)c(/C=C/C(F)(F)F)c(F)c4)c(F)c3)c(F)c2)cc1. The zero-order chi connectivity index (χ0) is 26.0. The highest BCUT2D eigenvalue weighted by atomic mass is 19.4. The van der Waals surface area contributed by atoms with E-state index in [2.05, 4.69) is 0 Å². The zero-order valence-corrected chi connectivity index (χ0v) is 18.9. The molecule has 0 nitrogen and oxygen atoms in total. The Labute approximate surface area is 203 Å². The first-order valence-electron chi connectivity index (χ1n) is 11.0. The number of halogens is 7. The first-order chi connectivity index (χ1) is 17.1. The van der Waals surface area contributed by atoms with E-state index in [4.69, 9.17) is 0 Å². The Morgan fingerprint density at radius 3 is 1.58 bits per heavy atom. The topological polar surface area (TPSA) is 0 Å². The molecule has 0 aliphatic rings. The van der Waals surface area contributed by atoms with Crippen LogP contribution < -0.4 is 0 Å². The summed E-state index contributed by atoms with van der Waals surface area (Å²) < 4.78 is 95.4. The molecule has 0 bridgehead atoms. The molecule has 7 heteroatoms. The van der Waals surface area contributed by atoms with Crippen LogP contribution in [-0.2, 0) is 6.42 Å². The molecule has 4 rings (SSSR count). The molecule has 0 fully saturated rings. The van der Waals surface area contributed by atoms with Gasteiger partial charge in [-0.05, 0) is 64.6 Å². The largest absolute Gasteiger partial charge is 0.409 e. The van der Waals surface area contributed by atoms with E-state index >= 15 is 0 Å². The molecule has 184 valence electrons. The Bertz CT molecular complexity index is 1410. The molecule has 0 N–H and O–H groups in total. The summed E-state index contributed by atoms with van der Waals surface area (Å²) in [6.45, 7) is 2.03. The summed E-state index contributed by atoms with van der Waals surface area (Å²) >= 11 is 0. The molecular weight excluding hydrogens is 481 g/mol. The van der Waals surface area contributed by atoms with Crippen molar-refractivity contribution in [2.24, 2.45) is 0 Å².